The van der Waals surface area contributed by atoms with Crippen molar-refractivity contribution in [3.63, 3.8) is 0 Å². The highest BCUT2D eigenvalue weighted by Gasteiger charge is 2.26. The third-order valence-corrected chi connectivity index (χ3v) is 9.01. The molecule has 6 rings (SSSR count). The fourth-order valence-electron chi connectivity index (χ4n) is 5.38. The third kappa shape index (κ3) is 8.61. The summed E-state index contributed by atoms with van der Waals surface area (Å²) in [6, 6.07) is 13.5. The lowest BCUT2D eigenvalue weighted by atomic mass is 10.1. The van der Waals surface area contributed by atoms with Gasteiger partial charge in [-0.3, -0.25) is 5.32 Å². The Bertz CT molecular complexity index is 1700. The first-order valence-electron chi connectivity index (χ1n) is 15.1. The predicted molar refractivity (Wildman–Crippen MR) is 175 cm³/mol. The van der Waals surface area contributed by atoms with Crippen molar-refractivity contribution in [2.24, 2.45) is 0 Å². The Morgan fingerprint density at radius 3 is 2.89 bits per heavy atom. The molecule has 2 saturated heterocycles. The number of anilines is 2. The number of hydrogen-bond acceptors (Lipinski definition) is 9. The average molecular weight is 649 g/mol. The number of piperidine rings is 1. The number of thiophene rings is 1. The van der Waals surface area contributed by atoms with E-state index in [0.29, 0.717) is 41.7 Å². The van der Waals surface area contributed by atoms with E-state index in [4.69, 9.17) is 21.1 Å². The van der Waals surface area contributed by atoms with Gasteiger partial charge in [-0.15, -0.1) is 11.3 Å². The predicted octanol–water partition coefficient (Wildman–Crippen LogP) is 6.10. The molecule has 0 unspecified atom stereocenters. The van der Waals surface area contributed by atoms with Gasteiger partial charge >= 0.3 is 6.09 Å². The van der Waals surface area contributed by atoms with Crippen molar-refractivity contribution in [3.05, 3.63) is 76.1 Å². The molecule has 9 nitrogen and oxygen atoms in total. The van der Waals surface area contributed by atoms with Crippen molar-refractivity contribution in [1.82, 2.24) is 25.5 Å². The van der Waals surface area contributed by atoms with E-state index >= 15 is 0 Å². The number of halogens is 2. The molecule has 2 fully saturated rings. The van der Waals surface area contributed by atoms with E-state index in [2.05, 4.69) is 42.7 Å². The van der Waals surface area contributed by atoms with Gasteiger partial charge in [0.2, 0.25) is 0 Å². The number of nitrogens with one attached hydrogen (secondary N) is 3. The fourth-order valence-corrected chi connectivity index (χ4v) is 6.53. The molecule has 2 aliphatic rings. The summed E-state index contributed by atoms with van der Waals surface area (Å²) in [5.74, 6) is 7.34. The normalized spacial score (nSPS) is 18.3. The van der Waals surface area contributed by atoms with E-state index in [0.717, 1.165) is 40.4 Å². The van der Waals surface area contributed by atoms with E-state index in [1.165, 1.54) is 49.1 Å². The van der Waals surface area contributed by atoms with Crippen LogP contribution in [0, 0.1) is 17.7 Å². The van der Waals surface area contributed by atoms with Gasteiger partial charge in [0, 0.05) is 31.7 Å². The van der Waals surface area contributed by atoms with Crippen LogP contribution in [0.15, 0.2) is 54.9 Å². The summed E-state index contributed by atoms with van der Waals surface area (Å²) in [5.41, 5.74) is 2.23. The van der Waals surface area contributed by atoms with E-state index in [9.17, 15) is 9.18 Å². The Kier molecular flexibility index (Phi) is 10.3. The first kappa shape index (κ1) is 31.0. The van der Waals surface area contributed by atoms with Crippen LogP contribution in [-0.2, 0) is 11.3 Å². The molecule has 2 aliphatic heterocycles. The molecule has 12 heteroatoms. The number of ether oxygens (including phenoxy) is 2. The number of hydrogen-bond donors (Lipinski definition) is 3. The summed E-state index contributed by atoms with van der Waals surface area (Å²) < 4.78 is 25.7. The summed E-state index contributed by atoms with van der Waals surface area (Å²) in [6.07, 6.45) is 5.31. The summed E-state index contributed by atoms with van der Waals surface area (Å²) >= 11 is 7.98. The molecule has 0 bridgehead atoms. The first-order chi connectivity index (χ1) is 22.0. The minimum Gasteiger partial charge on any atom is -0.487 e. The lowest BCUT2D eigenvalue weighted by Gasteiger charge is -2.26. The number of fused-ring (bicyclic) bond motifs is 1. The summed E-state index contributed by atoms with van der Waals surface area (Å²) in [6.45, 7) is 4.44. The second-order valence-electron chi connectivity index (χ2n) is 11.1. The van der Waals surface area contributed by atoms with Gasteiger partial charge in [-0.05, 0) is 67.9 Å². The molecule has 0 radical (unpaired) electrons. The Labute approximate surface area is 270 Å². The number of nitrogens with zero attached hydrogens (tertiary/aromatic N) is 3. The SMILES string of the molecule is O=C(NCCN1CCCCC1)O[C@H]1CN[C@H](C#Cc2cc3ncnc(Nc4ccc(OCc5cccc(F)c5)c(Cl)c4)c3s2)C1. The Morgan fingerprint density at radius 2 is 2.04 bits per heavy atom. The molecule has 4 aromatic rings. The molecule has 234 valence electrons. The molecule has 0 spiro atoms. The monoisotopic (exact) mass is 648 g/mol. The molecule has 3 N–H and O–H groups in total. The van der Waals surface area contributed by atoms with Crippen LogP contribution in [0.2, 0.25) is 5.02 Å². The second kappa shape index (κ2) is 14.9. The highest BCUT2D eigenvalue weighted by molar-refractivity contribution is 7.20. The lowest BCUT2D eigenvalue weighted by molar-refractivity contribution is 0.105. The van der Waals surface area contributed by atoms with Gasteiger partial charge in [0.25, 0.3) is 0 Å². The van der Waals surface area contributed by atoms with Crippen LogP contribution in [0.3, 0.4) is 0 Å². The van der Waals surface area contributed by atoms with Gasteiger partial charge in [0.1, 0.15) is 30.6 Å². The molecular weight excluding hydrogens is 615 g/mol. The molecule has 45 heavy (non-hydrogen) atoms. The van der Waals surface area contributed by atoms with Crippen molar-refractivity contribution in [1.29, 1.82) is 0 Å². The number of aromatic nitrogens is 2. The molecule has 0 aliphatic carbocycles. The molecule has 4 heterocycles. The highest BCUT2D eigenvalue weighted by atomic mass is 35.5. The molecule has 1 amide bonds. The van der Waals surface area contributed by atoms with Crippen molar-refractivity contribution in [2.75, 3.05) is 38.0 Å². The molecule has 2 aromatic heterocycles. The molecule has 0 saturated carbocycles. The van der Waals surface area contributed by atoms with Crippen LogP contribution in [0.1, 0.15) is 36.1 Å². The summed E-state index contributed by atoms with van der Waals surface area (Å²) in [4.78, 5) is 24.3. The molecule has 2 aromatic carbocycles. The maximum Gasteiger partial charge on any atom is 0.407 e. The fraction of sp³-hybridized carbons (Fsp3) is 0.364. The van der Waals surface area contributed by atoms with Gasteiger partial charge in [-0.2, -0.15) is 0 Å². The number of benzene rings is 2. The quantitative estimate of drug-likeness (QED) is 0.187. The van der Waals surface area contributed by atoms with Gasteiger partial charge in [0.05, 0.1) is 26.2 Å². The van der Waals surface area contributed by atoms with Gasteiger partial charge in [-0.1, -0.05) is 42.0 Å². The van der Waals surface area contributed by atoms with Gasteiger partial charge < -0.3 is 25.0 Å². The summed E-state index contributed by atoms with van der Waals surface area (Å²) in [5, 5.41) is 9.95. The number of likely N-dealkylation sites (tertiary alicyclic amines) is 1. The maximum absolute atomic E-state index is 13.5. The number of carbonyl (C=O) groups excluding carboxylic acids is 1. The third-order valence-electron chi connectivity index (χ3n) is 7.67. The number of alkyl carbamates (subject to hydrolysis) is 1. The van der Waals surface area contributed by atoms with Crippen LogP contribution < -0.4 is 20.7 Å². The Balaban J connectivity index is 1.01. The highest BCUT2D eigenvalue weighted by Crippen LogP contribution is 2.33. The smallest absolute Gasteiger partial charge is 0.407 e. The van der Waals surface area contributed by atoms with Crippen LogP contribution in [0.25, 0.3) is 10.2 Å². The second-order valence-corrected chi connectivity index (χ2v) is 12.5. The summed E-state index contributed by atoms with van der Waals surface area (Å²) in [7, 11) is 0. The molecular formula is C33H34ClFN6O3S. The van der Waals surface area contributed by atoms with Gasteiger partial charge in [0.15, 0.2) is 5.82 Å². The number of rotatable bonds is 9. The van der Waals surface area contributed by atoms with Crippen LogP contribution in [-0.4, -0.2) is 65.8 Å². The Morgan fingerprint density at radius 1 is 1.16 bits per heavy atom. The Hall–Kier alpha value is -3.95. The largest absolute Gasteiger partial charge is 0.487 e. The zero-order chi connectivity index (χ0) is 31.0. The lowest BCUT2D eigenvalue weighted by Crippen LogP contribution is -2.38. The number of carbonyl (C=O) groups is 1. The maximum atomic E-state index is 13.5. The topological polar surface area (TPSA) is 101 Å². The van der Waals surface area contributed by atoms with Crippen molar-refractivity contribution < 1.29 is 18.7 Å². The van der Waals surface area contributed by atoms with Crippen LogP contribution in [0.5, 0.6) is 5.75 Å². The van der Waals surface area contributed by atoms with Crippen molar-refractivity contribution >= 4 is 50.8 Å². The van der Waals surface area contributed by atoms with E-state index < -0.39 is 0 Å². The van der Waals surface area contributed by atoms with E-state index in [-0.39, 0.29) is 30.7 Å². The van der Waals surface area contributed by atoms with E-state index in [1.807, 2.05) is 12.1 Å². The average Bonchev–Trinajstić information content (AvgIpc) is 3.67. The number of amides is 1. The van der Waals surface area contributed by atoms with E-state index in [1.54, 1.807) is 24.3 Å². The standard InChI is InChI=1S/C33H34ClFN6O3S/c34-28-17-25(8-10-30(28)43-20-22-5-4-6-23(35)15-22)40-32-31-29(38-21-39-32)18-27(45-31)9-7-24-16-26(19-37-24)44-33(42)36-11-14-41-12-2-1-3-13-41/h4-6,8,10,15,17-18,21,24,26,37H,1-3,11-14,16,19-20H2,(H,36,42)(H,38,39,40)/t24-,26-/m1/s1. The first-order valence-corrected chi connectivity index (χ1v) is 16.3. The zero-order valence-electron chi connectivity index (χ0n) is 24.7. The van der Waals surface area contributed by atoms with Gasteiger partial charge in [-0.25, -0.2) is 19.2 Å². The van der Waals surface area contributed by atoms with Crippen LogP contribution >= 0.6 is 22.9 Å². The van der Waals surface area contributed by atoms with Crippen molar-refractivity contribution in [2.45, 2.75) is 44.4 Å². The minimum absolute atomic E-state index is 0.0752. The zero-order valence-corrected chi connectivity index (χ0v) is 26.2. The molecule has 2 atom stereocenters. The van der Waals surface area contributed by atoms with Crippen LogP contribution in [0.4, 0.5) is 20.7 Å². The minimum atomic E-state index is -0.372. The van der Waals surface area contributed by atoms with Crippen molar-refractivity contribution in [3.8, 4) is 17.6 Å².